The van der Waals surface area contributed by atoms with Crippen LogP contribution in [0.5, 0.6) is 0 Å². The lowest BCUT2D eigenvalue weighted by molar-refractivity contribution is -0.119. The summed E-state index contributed by atoms with van der Waals surface area (Å²) < 4.78 is 0. The third kappa shape index (κ3) is 4.32. The molecule has 3 aromatic carbocycles. The van der Waals surface area contributed by atoms with Gasteiger partial charge in [0.15, 0.2) is 0 Å². The van der Waals surface area contributed by atoms with Crippen molar-refractivity contribution in [1.82, 2.24) is 0 Å². The largest absolute Gasteiger partial charge is 0.272 e. The highest BCUT2D eigenvalue weighted by Crippen LogP contribution is 2.41. The lowest BCUT2D eigenvalue weighted by atomic mass is 9.87. The molecule has 0 saturated heterocycles. The van der Waals surface area contributed by atoms with Crippen molar-refractivity contribution in [3.05, 3.63) is 99.9 Å². The summed E-state index contributed by atoms with van der Waals surface area (Å²) in [6, 6.07) is 24.2. The zero-order valence-corrected chi connectivity index (χ0v) is 19.1. The van der Waals surface area contributed by atoms with Gasteiger partial charge in [-0.25, -0.2) is 4.90 Å². The maximum atomic E-state index is 13.5. The first-order chi connectivity index (χ1) is 14.8. The second-order valence-corrected chi connectivity index (χ2v) is 9.89. The molecule has 5 heteroatoms. The molecule has 0 unspecified atom stereocenters. The van der Waals surface area contributed by atoms with Gasteiger partial charge < -0.3 is 0 Å². The average Bonchev–Trinajstić information content (AvgIpc) is 2.99. The topological polar surface area (TPSA) is 37.4 Å². The van der Waals surface area contributed by atoms with Crippen LogP contribution in [0.15, 0.2) is 88.7 Å². The number of carbonyl (C=O) groups is 2. The number of hydrogen-bond donors (Lipinski definition) is 0. The Kier molecular flexibility index (Phi) is 5.78. The van der Waals surface area contributed by atoms with Crippen molar-refractivity contribution in [2.24, 2.45) is 0 Å². The van der Waals surface area contributed by atoms with Gasteiger partial charge in [-0.05, 0) is 52.9 Å². The Labute approximate surface area is 191 Å². The zero-order chi connectivity index (χ0) is 22.2. The van der Waals surface area contributed by atoms with Crippen LogP contribution in [0, 0.1) is 0 Å². The van der Waals surface area contributed by atoms with Crippen LogP contribution in [-0.4, -0.2) is 11.8 Å². The predicted octanol–water partition coefficient (Wildman–Crippen LogP) is 6.71. The minimum atomic E-state index is -0.313. The molecule has 1 heterocycles. The van der Waals surface area contributed by atoms with Crippen LogP contribution in [0.1, 0.15) is 31.9 Å². The molecule has 0 aromatic heterocycles. The summed E-state index contributed by atoms with van der Waals surface area (Å²) in [5.41, 5.74) is 2.85. The van der Waals surface area contributed by atoms with Gasteiger partial charge in [0.25, 0.3) is 11.8 Å². The minimum absolute atomic E-state index is 0.0133. The summed E-state index contributed by atoms with van der Waals surface area (Å²) >= 11 is 7.29. The van der Waals surface area contributed by atoms with E-state index in [1.165, 1.54) is 16.7 Å². The Morgan fingerprint density at radius 3 is 1.97 bits per heavy atom. The summed E-state index contributed by atoms with van der Waals surface area (Å²) in [6.07, 6.45) is 0. The number of halogens is 1. The number of anilines is 1. The van der Waals surface area contributed by atoms with Crippen LogP contribution < -0.4 is 4.90 Å². The summed E-state index contributed by atoms with van der Waals surface area (Å²) in [4.78, 5) is 29.5. The van der Waals surface area contributed by atoms with E-state index in [-0.39, 0.29) is 17.2 Å². The van der Waals surface area contributed by atoms with Gasteiger partial charge in [0, 0.05) is 9.92 Å². The summed E-state index contributed by atoms with van der Waals surface area (Å²) in [6.45, 7) is 6.39. The van der Waals surface area contributed by atoms with E-state index >= 15 is 0 Å². The molecule has 0 radical (unpaired) electrons. The molecule has 1 aliphatic rings. The molecular formula is C26H22ClNO2S. The van der Waals surface area contributed by atoms with Gasteiger partial charge in [0.2, 0.25) is 0 Å². The number of carbonyl (C=O) groups excluding carboxylic acids is 2. The number of rotatable bonds is 4. The maximum Gasteiger partial charge on any atom is 0.272 e. The third-order valence-electron chi connectivity index (χ3n) is 5.13. The first kappa shape index (κ1) is 21.4. The smallest absolute Gasteiger partial charge is 0.268 e. The molecule has 4 rings (SSSR count). The molecule has 0 aliphatic carbocycles. The number of amides is 2. The third-order valence-corrected chi connectivity index (χ3v) is 6.47. The quantitative estimate of drug-likeness (QED) is 0.417. The summed E-state index contributed by atoms with van der Waals surface area (Å²) in [5.74, 6) is -0.622. The Hall–Kier alpha value is -2.82. The lowest BCUT2D eigenvalue weighted by Crippen LogP contribution is -2.31. The molecule has 2 amide bonds. The lowest BCUT2D eigenvalue weighted by Gasteiger charge is -2.21. The molecule has 3 nitrogen and oxygen atoms in total. The van der Waals surface area contributed by atoms with Crippen LogP contribution >= 0.6 is 23.4 Å². The normalized spacial score (nSPS) is 14.5. The van der Waals surface area contributed by atoms with Gasteiger partial charge >= 0.3 is 0 Å². The molecule has 0 atom stereocenters. The van der Waals surface area contributed by atoms with Gasteiger partial charge in [0.1, 0.15) is 0 Å². The fourth-order valence-electron chi connectivity index (χ4n) is 3.43. The van der Waals surface area contributed by atoms with E-state index in [1.54, 1.807) is 12.1 Å². The standard InChI is InChI=1S/C26H22ClNO2S/c1-26(2,3)18-9-13-20(14-10-18)28-24(29)22(17-7-5-4-6-8-17)23(25(28)30)31-21-15-11-19(27)12-16-21/h4-16H,1-3H3. The van der Waals surface area contributed by atoms with E-state index in [1.807, 2.05) is 66.7 Å². The fourth-order valence-corrected chi connectivity index (χ4v) is 4.55. The molecule has 0 spiro atoms. The van der Waals surface area contributed by atoms with Crippen LogP contribution in [-0.2, 0) is 15.0 Å². The molecule has 31 heavy (non-hydrogen) atoms. The molecule has 156 valence electrons. The molecule has 0 bridgehead atoms. The van der Waals surface area contributed by atoms with E-state index in [0.29, 0.717) is 21.2 Å². The van der Waals surface area contributed by atoms with E-state index in [4.69, 9.17) is 11.6 Å². The second-order valence-electron chi connectivity index (χ2n) is 8.37. The van der Waals surface area contributed by atoms with Crippen molar-refractivity contribution in [3.63, 3.8) is 0 Å². The predicted molar refractivity (Wildman–Crippen MR) is 128 cm³/mol. The first-order valence-corrected chi connectivity index (χ1v) is 11.2. The molecular weight excluding hydrogens is 426 g/mol. The molecule has 0 N–H and O–H groups in total. The highest BCUT2D eigenvalue weighted by molar-refractivity contribution is 8.04. The SMILES string of the molecule is CC(C)(C)c1ccc(N2C(=O)C(Sc3ccc(Cl)cc3)=C(c3ccccc3)C2=O)cc1. The number of hydrogen-bond acceptors (Lipinski definition) is 3. The molecule has 1 aliphatic heterocycles. The zero-order valence-electron chi connectivity index (χ0n) is 17.6. The van der Waals surface area contributed by atoms with Crippen molar-refractivity contribution in [2.75, 3.05) is 4.90 Å². The summed E-state index contributed by atoms with van der Waals surface area (Å²) in [7, 11) is 0. The number of thioether (sulfide) groups is 1. The Morgan fingerprint density at radius 1 is 0.774 bits per heavy atom. The van der Waals surface area contributed by atoms with Crippen molar-refractivity contribution in [3.8, 4) is 0 Å². The van der Waals surface area contributed by atoms with E-state index < -0.39 is 0 Å². The Bertz CT molecular complexity index is 1160. The van der Waals surface area contributed by atoms with Crippen molar-refractivity contribution < 1.29 is 9.59 Å². The van der Waals surface area contributed by atoms with Crippen LogP contribution in [0.25, 0.3) is 5.57 Å². The van der Waals surface area contributed by atoms with Gasteiger partial charge in [0.05, 0.1) is 16.2 Å². The van der Waals surface area contributed by atoms with E-state index in [2.05, 4.69) is 20.8 Å². The highest BCUT2D eigenvalue weighted by atomic mass is 35.5. The Morgan fingerprint density at radius 2 is 1.39 bits per heavy atom. The van der Waals surface area contributed by atoms with Crippen LogP contribution in [0.2, 0.25) is 5.02 Å². The highest BCUT2D eigenvalue weighted by Gasteiger charge is 2.40. The molecule has 3 aromatic rings. The van der Waals surface area contributed by atoms with E-state index in [9.17, 15) is 9.59 Å². The van der Waals surface area contributed by atoms with E-state index in [0.717, 1.165) is 16.0 Å². The monoisotopic (exact) mass is 447 g/mol. The number of imide groups is 1. The van der Waals surface area contributed by atoms with Crippen LogP contribution in [0.4, 0.5) is 5.69 Å². The van der Waals surface area contributed by atoms with Gasteiger partial charge in [-0.1, -0.05) is 86.6 Å². The maximum absolute atomic E-state index is 13.5. The molecule has 0 fully saturated rings. The van der Waals surface area contributed by atoms with Crippen molar-refractivity contribution in [1.29, 1.82) is 0 Å². The van der Waals surface area contributed by atoms with Crippen LogP contribution in [0.3, 0.4) is 0 Å². The van der Waals surface area contributed by atoms with Gasteiger partial charge in [-0.3, -0.25) is 9.59 Å². The number of benzene rings is 3. The Balaban J connectivity index is 1.76. The first-order valence-electron chi connectivity index (χ1n) is 9.98. The average molecular weight is 448 g/mol. The van der Waals surface area contributed by atoms with Gasteiger partial charge in [-0.2, -0.15) is 0 Å². The van der Waals surface area contributed by atoms with Crippen molar-refractivity contribution >= 4 is 46.4 Å². The van der Waals surface area contributed by atoms with Crippen molar-refractivity contribution in [2.45, 2.75) is 31.1 Å². The minimum Gasteiger partial charge on any atom is -0.268 e. The fraction of sp³-hybridized carbons (Fsp3) is 0.154. The molecule has 0 saturated carbocycles. The summed E-state index contributed by atoms with van der Waals surface area (Å²) in [5, 5.41) is 0.621. The second kappa shape index (κ2) is 8.37. The number of nitrogens with zero attached hydrogens (tertiary/aromatic N) is 1. The van der Waals surface area contributed by atoms with Gasteiger partial charge in [-0.15, -0.1) is 0 Å².